The first-order chi connectivity index (χ1) is 8.36. The Bertz CT molecular complexity index is 479. The van der Waals surface area contributed by atoms with Crippen molar-refractivity contribution in [2.24, 2.45) is 0 Å². The number of sulfonamides is 1. The van der Waals surface area contributed by atoms with Crippen molar-refractivity contribution in [3.8, 4) is 0 Å². The van der Waals surface area contributed by atoms with Crippen molar-refractivity contribution >= 4 is 10.0 Å². The molecule has 0 amide bonds. The van der Waals surface area contributed by atoms with E-state index in [9.17, 15) is 8.42 Å². The van der Waals surface area contributed by atoms with E-state index in [2.05, 4.69) is 9.82 Å². The summed E-state index contributed by atoms with van der Waals surface area (Å²) in [6, 6.07) is 0. The smallest absolute Gasteiger partial charge is 0.243 e. The minimum atomic E-state index is -3.43. The fraction of sp³-hybridized carbons (Fsp3) is 0.727. The van der Waals surface area contributed by atoms with Gasteiger partial charge in [-0.05, 0) is 40.9 Å². The number of nitrogens with one attached hydrogen (secondary N) is 1. The summed E-state index contributed by atoms with van der Waals surface area (Å²) < 4.78 is 28.3. The molecule has 1 aromatic rings. The molecule has 1 N–H and O–H groups in total. The van der Waals surface area contributed by atoms with Gasteiger partial charge in [0.05, 0.1) is 5.69 Å². The van der Waals surface area contributed by atoms with Gasteiger partial charge in [0.2, 0.25) is 10.0 Å². The van der Waals surface area contributed by atoms with Gasteiger partial charge < -0.3 is 4.90 Å². The molecule has 18 heavy (non-hydrogen) atoms. The van der Waals surface area contributed by atoms with E-state index in [1.807, 2.05) is 25.9 Å². The average Bonchev–Trinajstić information content (AvgIpc) is 2.66. The monoisotopic (exact) mass is 274 g/mol. The van der Waals surface area contributed by atoms with Gasteiger partial charge in [-0.3, -0.25) is 4.68 Å². The molecule has 0 radical (unpaired) electrons. The molecule has 0 atom stereocenters. The van der Waals surface area contributed by atoms with Gasteiger partial charge in [0.1, 0.15) is 4.90 Å². The Kier molecular flexibility index (Phi) is 5.30. The molecule has 104 valence electrons. The van der Waals surface area contributed by atoms with Crippen LogP contribution in [0.15, 0.2) is 11.1 Å². The zero-order valence-electron chi connectivity index (χ0n) is 11.5. The van der Waals surface area contributed by atoms with Gasteiger partial charge in [-0.15, -0.1) is 0 Å². The van der Waals surface area contributed by atoms with Crippen LogP contribution >= 0.6 is 0 Å². The number of hydrogen-bond acceptors (Lipinski definition) is 4. The third-order valence-electron chi connectivity index (χ3n) is 2.59. The molecule has 1 aromatic heterocycles. The normalized spacial score (nSPS) is 12.3. The number of aryl methyl sites for hydroxylation is 2. The van der Waals surface area contributed by atoms with Gasteiger partial charge in [0.25, 0.3) is 0 Å². The predicted molar refractivity (Wildman–Crippen MR) is 71.0 cm³/mol. The van der Waals surface area contributed by atoms with Crippen LogP contribution in [0.4, 0.5) is 0 Å². The van der Waals surface area contributed by atoms with Crippen molar-refractivity contribution in [3.05, 3.63) is 11.9 Å². The highest BCUT2D eigenvalue weighted by atomic mass is 32.2. The quantitative estimate of drug-likeness (QED) is 0.733. The van der Waals surface area contributed by atoms with Crippen LogP contribution in [0.2, 0.25) is 0 Å². The van der Waals surface area contributed by atoms with Gasteiger partial charge in [-0.25, -0.2) is 13.1 Å². The molecule has 0 aromatic carbocycles. The Hall–Kier alpha value is -0.920. The molecular weight excluding hydrogens is 252 g/mol. The molecule has 0 spiro atoms. The lowest BCUT2D eigenvalue weighted by Gasteiger charge is -2.09. The van der Waals surface area contributed by atoms with Gasteiger partial charge in [0.15, 0.2) is 0 Å². The first-order valence-corrected chi connectivity index (χ1v) is 7.53. The summed E-state index contributed by atoms with van der Waals surface area (Å²) in [5.74, 6) is 0. The SMILES string of the molecule is CCn1cc(S(=O)(=O)NCCCN(C)C)c(C)n1. The summed E-state index contributed by atoms with van der Waals surface area (Å²) in [5.41, 5.74) is 0.539. The van der Waals surface area contributed by atoms with E-state index < -0.39 is 10.0 Å². The predicted octanol–water partition coefficient (Wildman–Crippen LogP) is 0.441. The van der Waals surface area contributed by atoms with Crippen molar-refractivity contribution in [1.29, 1.82) is 0 Å². The lowest BCUT2D eigenvalue weighted by Crippen LogP contribution is -2.27. The molecule has 0 bridgehead atoms. The molecule has 0 aliphatic heterocycles. The molecule has 6 nitrogen and oxygen atoms in total. The molecule has 0 aliphatic rings. The van der Waals surface area contributed by atoms with E-state index in [0.29, 0.717) is 18.8 Å². The van der Waals surface area contributed by atoms with E-state index in [1.165, 1.54) is 0 Å². The molecule has 1 rings (SSSR count). The van der Waals surface area contributed by atoms with Crippen molar-refractivity contribution in [2.75, 3.05) is 27.2 Å². The molecule has 0 aliphatic carbocycles. The van der Waals surface area contributed by atoms with E-state index in [1.54, 1.807) is 17.8 Å². The highest BCUT2D eigenvalue weighted by Gasteiger charge is 2.19. The van der Waals surface area contributed by atoms with Gasteiger partial charge in [-0.1, -0.05) is 0 Å². The Labute approximate surface area is 109 Å². The summed E-state index contributed by atoms with van der Waals surface area (Å²) in [5, 5.41) is 4.14. The van der Waals surface area contributed by atoms with E-state index in [0.717, 1.165) is 13.0 Å². The highest BCUT2D eigenvalue weighted by Crippen LogP contribution is 2.12. The van der Waals surface area contributed by atoms with E-state index >= 15 is 0 Å². The fourth-order valence-corrected chi connectivity index (χ4v) is 2.86. The number of hydrogen-bond donors (Lipinski definition) is 1. The van der Waals surface area contributed by atoms with Crippen LogP contribution < -0.4 is 4.72 Å². The summed E-state index contributed by atoms with van der Waals surface area (Å²) >= 11 is 0. The zero-order chi connectivity index (χ0) is 13.8. The standard InChI is InChI=1S/C11H22N4O2S/c1-5-15-9-11(10(2)13-15)18(16,17)12-7-6-8-14(3)4/h9,12H,5-8H2,1-4H3. The molecule has 0 unspecified atom stereocenters. The average molecular weight is 274 g/mol. The van der Waals surface area contributed by atoms with Crippen molar-refractivity contribution in [1.82, 2.24) is 19.4 Å². The summed E-state index contributed by atoms with van der Waals surface area (Å²) in [6.45, 7) is 5.60. The van der Waals surface area contributed by atoms with Gasteiger partial charge >= 0.3 is 0 Å². The Morgan fingerprint density at radius 1 is 1.44 bits per heavy atom. The Morgan fingerprint density at radius 3 is 2.61 bits per heavy atom. The van der Waals surface area contributed by atoms with Crippen LogP contribution in [-0.4, -0.2) is 50.3 Å². The minimum absolute atomic E-state index is 0.272. The first kappa shape index (κ1) is 15.1. The molecule has 0 saturated carbocycles. The maximum Gasteiger partial charge on any atom is 0.243 e. The lowest BCUT2D eigenvalue weighted by molar-refractivity contribution is 0.400. The van der Waals surface area contributed by atoms with Crippen LogP contribution in [0.5, 0.6) is 0 Å². The second kappa shape index (κ2) is 6.31. The van der Waals surface area contributed by atoms with Crippen LogP contribution in [0, 0.1) is 6.92 Å². The summed E-state index contributed by atoms with van der Waals surface area (Å²) in [6.07, 6.45) is 2.36. The lowest BCUT2D eigenvalue weighted by atomic mass is 10.4. The van der Waals surface area contributed by atoms with E-state index in [-0.39, 0.29) is 4.90 Å². The second-order valence-corrected chi connectivity index (χ2v) is 6.22. The van der Waals surface area contributed by atoms with Crippen LogP contribution in [0.25, 0.3) is 0 Å². The third-order valence-corrected chi connectivity index (χ3v) is 4.15. The number of rotatable bonds is 7. The van der Waals surface area contributed by atoms with Crippen LogP contribution in [0.1, 0.15) is 19.0 Å². The van der Waals surface area contributed by atoms with Crippen LogP contribution in [-0.2, 0) is 16.6 Å². The van der Waals surface area contributed by atoms with E-state index in [4.69, 9.17) is 0 Å². The van der Waals surface area contributed by atoms with Crippen molar-refractivity contribution in [3.63, 3.8) is 0 Å². The number of aromatic nitrogens is 2. The topological polar surface area (TPSA) is 67.2 Å². The Morgan fingerprint density at radius 2 is 2.11 bits per heavy atom. The van der Waals surface area contributed by atoms with Crippen molar-refractivity contribution < 1.29 is 8.42 Å². The largest absolute Gasteiger partial charge is 0.309 e. The summed E-state index contributed by atoms with van der Waals surface area (Å²) in [4.78, 5) is 2.29. The molecule has 7 heteroatoms. The summed E-state index contributed by atoms with van der Waals surface area (Å²) in [7, 11) is 0.494. The van der Waals surface area contributed by atoms with Crippen molar-refractivity contribution in [2.45, 2.75) is 31.7 Å². The second-order valence-electron chi connectivity index (χ2n) is 4.49. The maximum atomic E-state index is 12.0. The molecule has 0 fully saturated rings. The van der Waals surface area contributed by atoms with Crippen LogP contribution in [0.3, 0.4) is 0 Å². The third kappa shape index (κ3) is 4.08. The number of nitrogens with zero attached hydrogens (tertiary/aromatic N) is 3. The fourth-order valence-electron chi connectivity index (χ4n) is 1.60. The molecular formula is C11H22N4O2S. The molecule has 1 heterocycles. The maximum absolute atomic E-state index is 12.0. The highest BCUT2D eigenvalue weighted by molar-refractivity contribution is 7.89. The Balaban J connectivity index is 2.65. The molecule has 0 saturated heterocycles. The minimum Gasteiger partial charge on any atom is -0.309 e. The van der Waals surface area contributed by atoms with Gasteiger partial charge in [0, 0.05) is 19.3 Å². The zero-order valence-corrected chi connectivity index (χ0v) is 12.3. The first-order valence-electron chi connectivity index (χ1n) is 6.05. The van der Waals surface area contributed by atoms with Gasteiger partial charge in [-0.2, -0.15) is 5.10 Å².